The number of hydrogen-bond acceptors (Lipinski definition) is 4. The van der Waals surface area contributed by atoms with Gasteiger partial charge < -0.3 is 10.1 Å². The lowest BCUT2D eigenvalue weighted by Crippen LogP contribution is -2.16. The zero-order valence-corrected chi connectivity index (χ0v) is 11.0. The molecule has 4 nitrogen and oxygen atoms in total. The smallest absolute Gasteiger partial charge is 0.238 e. The van der Waals surface area contributed by atoms with E-state index in [-0.39, 0.29) is 0 Å². The number of hydrogen-bond donors (Lipinski definition) is 1. The maximum absolute atomic E-state index is 5.71. The van der Waals surface area contributed by atoms with Crippen molar-refractivity contribution in [3.05, 3.63) is 47.7 Å². The molecule has 0 radical (unpaired) electrons. The Balaban J connectivity index is 1.63. The summed E-state index contributed by atoms with van der Waals surface area (Å²) >= 11 is 0. The average Bonchev–Trinajstić information content (AvgIpc) is 3.25. The van der Waals surface area contributed by atoms with Crippen LogP contribution in [0.25, 0.3) is 0 Å². The molecule has 0 saturated heterocycles. The van der Waals surface area contributed by atoms with Gasteiger partial charge in [0.05, 0.1) is 5.69 Å². The molecule has 1 aromatic carbocycles. The normalized spacial score (nSPS) is 14.4. The number of nitrogens with zero attached hydrogens (tertiary/aromatic N) is 2. The molecule has 0 spiro atoms. The molecule has 0 amide bonds. The molecule has 1 aromatic heterocycles. The topological polar surface area (TPSA) is 47.0 Å². The number of nitrogens with one attached hydrogen (secondary N) is 1. The van der Waals surface area contributed by atoms with Gasteiger partial charge in [-0.1, -0.05) is 18.2 Å². The van der Waals surface area contributed by atoms with Gasteiger partial charge in [0, 0.05) is 18.7 Å². The molecule has 1 N–H and O–H groups in total. The molecule has 1 saturated carbocycles. The van der Waals surface area contributed by atoms with Crippen LogP contribution in [0.5, 0.6) is 11.6 Å². The van der Waals surface area contributed by atoms with Crippen molar-refractivity contribution >= 4 is 0 Å². The van der Waals surface area contributed by atoms with E-state index in [1.807, 2.05) is 43.3 Å². The van der Waals surface area contributed by atoms with Gasteiger partial charge in [0.25, 0.3) is 0 Å². The lowest BCUT2D eigenvalue weighted by molar-refractivity contribution is 0.450. The lowest BCUT2D eigenvalue weighted by atomic mass is 10.2. The lowest BCUT2D eigenvalue weighted by Gasteiger charge is -2.07. The maximum atomic E-state index is 5.71. The van der Waals surface area contributed by atoms with Crippen molar-refractivity contribution in [2.45, 2.75) is 32.4 Å². The Morgan fingerprint density at radius 3 is 2.68 bits per heavy atom. The highest BCUT2D eigenvalue weighted by Crippen LogP contribution is 2.22. The number of aromatic nitrogens is 2. The Morgan fingerprint density at radius 1 is 1.16 bits per heavy atom. The van der Waals surface area contributed by atoms with Gasteiger partial charge in [-0.3, -0.25) is 0 Å². The van der Waals surface area contributed by atoms with Gasteiger partial charge >= 0.3 is 0 Å². The highest BCUT2D eigenvalue weighted by atomic mass is 16.5. The summed E-state index contributed by atoms with van der Waals surface area (Å²) in [4.78, 5) is 0. The molecule has 4 heteroatoms. The summed E-state index contributed by atoms with van der Waals surface area (Å²) in [5.74, 6) is 1.35. The van der Waals surface area contributed by atoms with Crippen molar-refractivity contribution in [2.24, 2.45) is 0 Å². The minimum Gasteiger partial charge on any atom is -0.437 e. The third-order valence-electron chi connectivity index (χ3n) is 3.15. The van der Waals surface area contributed by atoms with Gasteiger partial charge in [-0.25, -0.2) is 0 Å². The molecule has 1 fully saturated rings. The quantitative estimate of drug-likeness (QED) is 0.892. The van der Waals surface area contributed by atoms with E-state index in [0.717, 1.165) is 23.6 Å². The summed E-state index contributed by atoms with van der Waals surface area (Å²) < 4.78 is 5.71. The minimum absolute atomic E-state index is 0.532. The SMILES string of the molecule is Cc1ccccc1Oc1ccc(CNC2CC2)nn1. The minimum atomic E-state index is 0.532. The van der Waals surface area contributed by atoms with E-state index in [0.29, 0.717) is 11.9 Å². The van der Waals surface area contributed by atoms with Crippen molar-refractivity contribution in [3.8, 4) is 11.6 Å². The maximum Gasteiger partial charge on any atom is 0.238 e. The fourth-order valence-corrected chi connectivity index (χ4v) is 1.82. The van der Waals surface area contributed by atoms with Crippen LogP contribution in [0.2, 0.25) is 0 Å². The van der Waals surface area contributed by atoms with Crippen molar-refractivity contribution < 1.29 is 4.74 Å². The van der Waals surface area contributed by atoms with Gasteiger partial charge in [0.15, 0.2) is 0 Å². The van der Waals surface area contributed by atoms with Crippen molar-refractivity contribution in [1.82, 2.24) is 15.5 Å². The second-order valence-electron chi connectivity index (χ2n) is 4.89. The summed E-state index contributed by atoms with van der Waals surface area (Å²) in [6, 6.07) is 12.4. The van der Waals surface area contributed by atoms with Gasteiger partial charge in [0.1, 0.15) is 5.75 Å². The fraction of sp³-hybridized carbons (Fsp3) is 0.333. The predicted octanol–water partition coefficient (Wildman–Crippen LogP) is 2.83. The molecule has 0 bridgehead atoms. The average molecular weight is 255 g/mol. The number of ether oxygens (including phenoxy) is 1. The zero-order chi connectivity index (χ0) is 13.1. The van der Waals surface area contributed by atoms with Crippen molar-refractivity contribution in [1.29, 1.82) is 0 Å². The van der Waals surface area contributed by atoms with Crippen molar-refractivity contribution in [3.63, 3.8) is 0 Å². The Labute approximate surface area is 112 Å². The molecule has 0 aliphatic heterocycles. The molecule has 1 heterocycles. The second kappa shape index (κ2) is 5.36. The molecule has 98 valence electrons. The summed E-state index contributed by atoms with van der Waals surface area (Å²) in [5.41, 5.74) is 2.04. The van der Waals surface area contributed by atoms with Gasteiger partial charge in [-0.05, 0) is 37.5 Å². The first-order valence-corrected chi connectivity index (χ1v) is 6.61. The summed E-state index contributed by atoms with van der Waals surface area (Å²) in [6.07, 6.45) is 2.56. The standard InChI is InChI=1S/C15H17N3O/c1-11-4-2-3-5-14(11)19-15-9-8-13(17-18-15)10-16-12-6-7-12/h2-5,8-9,12,16H,6-7,10H2,1H3. The third kappa shape index (κ3) is 3.29. The Kier molecular flexibility index (Phi) is 3.42. The first-order valence-electron chi connectivity index (χ1n) is 6.61. The summed E-state index contributed by atoms with van der Waals surface area (Å²) in [6.45, 7) is 2.79. The van der Waals surface area contributed by atoms with Gasteiger partial charge in [-0.15, -0.1) is 5.10 Å². The van der Waals surface area contributed by atoms with Gasteiger partial charge in [0.2, 0.25) is 5.88 Å². The number of rotatable bonds is 5. The van der Waals surface area contributed by atoms with Crippen LogP contribution >= 0.6 is 0 Å². The van der Waals surface area contributed by atoms with Crippen LogP contribution in [0, 0.1) is 6.92 Å². The van der Waals surface area contributed by atoms with E-state index in [4.69, 9.17) is 4.74 Å². The van der Waals surface area contributed by atoms with E-state index in [1.165, 1.54) is 12.8 Å². The molecular weight excluding hydrogens is 238 g/mol. The summed E-state index contributed by atoms with van der Waals surface area (Å²) in [7, 11) is 0. The van der Waals surface area contributed by atoms with Crippen LogP contribution in [-0.2, 0) is 6.54 Å². The van der Waals surface area contributed by atoms with Crippen LogP contribution in [0.3, 0.4) is 0 Å². The predicted molar refractivity (Wildman–Crippen MR) is 73.1 cm³/mol. The molecule has 1 aliphatic carbocycles. The zero-order valence-electron chi connectivity index (χ0n) is 11.0. The van der Waals surface area contributed by atoms with Crippen LogP contribution in [-0.4, -0.2) is 16.2 Å². The van der Waals surface area contributed by atoms with E-state index < -0.39 is 0 Å². The highest BCUT2D eigenvalue weighted by Gasteiger charge is 2.20. The molecular formula is C15H17N3O. The number of benzene rings is 1. The van der Waals surface area contributed by atoms with E-state index in [1.54, 1.807) is 0 Å². The van der Waals surface area contributed by atoms with Crippen LogP contribution in [0.1, 0.15) is 24.1 Å². The number of aryl methyl sites for hydroxylation is 1. The molecule has 3 rings (SSSR count). The molecule has 0 atom stereocenters. The fourth-order valence-electron chi connectivity index (χ4n) is 1.82. The Hall–Kier alpha value is -1.94. The first kappa shape index (κ1) is 12.1. The Bertz CT molecular complexity index is 550. The molecule has 19 heavy (non-hydrogen) atoms. The molecule has 2 aromatic rings. The second-order valence-corrected chi connectivity index (χ2v) is 4.89. The Morgan fingerprint density at radius 2 is 2.00 bits per heavy atom. The summed E-state index contributed by atoms with van der Waals surface area (Å²) in [5, 5.41) is 11.7. The third-order valence-corrected chi connectivity index (χ3v) is 3.15. The van der Waals surface area contributed by atoms with Crippen molar-refractivity contribution in [2.75, 3.05) is 0 Å². The van der Waals surface area contributed by atoms with E-state index in [9.17, 15) is 0 Å². The van der Waals surface area contributed by atoms with Crippen LogP contribution < -0.4 is 10.1 Å². The monoisotopic (exact) mass is 255 g/mol. The largest absolute Gasteiger partial charge is 0.437 e. The van der Waals surface area contributed by atoms with E-state index >= 15 is 0 Å². The van der Waals surface area contributed by atoms with Crippen LogP contribution in [0.15, 0.2) is 36.4 Å². The molecule has 1 aliphatic rings. The molecule has 0 unspecified atom stereocenters. The first-order chi connectivity index (χ1) is 9.31. The van der Waals surface area contributed by atoms with E-state index in [2.05, 4.69) is 15.5 Å². The van der Waals surface area contributed by atoms with Crippen LogP contribution in [0.4, 0.5) is 0 Å². The van der Waals surface area contributed by atoms with Gasteiger partial charge in [-0.2, -0.15) is 5.10 Å². The number of para-hydroxylation sites is 1. The highest BCUT2D eigenvalue weighted by molar-refractivity contribution is 5.34.